The second kappa shape index (κ2) is 5.17. The Labute approximate surface area is 113 Å². The number of benzene rings is 1. The smallest absolute Gasteiger partial charge is 0.328 e. The third-order valence-corrected chi connectivity index (χ3v) is 4.31. The molecule has 2 atom stereocenters. The van der Waals surface area contributed by atoms with E-state index in [1.165, 1.54) is 37.4 Å². The Bertz CT molecular complexity index is 492. The predicted molar refractivity (Wildman–Crippen MR) is 74.7 cm³/mol. The number of hydrogen-bond acceptors (Lipinski definition) is 2. The van der Waals surface area contributed by atoms with Gasteiger partial charge in [0.25, 0.3) is 0 Å². The molecule has 1 saturated heterocycles. The van der Waals surface area contributed by atoms with E-state index in [9.17, 15) is 4.79 Å². The Morgan fingerprint density at radius 2 is 2.11 bits per heavy atom. The van der Waals surface area contributed by atoms with Crippen LogP contribution in [0.4, 0.5) is 0 Å². The number of nitrogens with zero attached hydrogens (tertiary/aromatic N) is 1. The lowest BCUT2D eigenvalue weighted by atomic mass is 10.1. The summed E-state index contributed by atoms with van der Waals surface area (Å²) in [6.45, 7) is 2.29. The molecular formula is C16H19NO2. The van der Waals surface area contributed by atoms with Crippen LogP contribution >= 0.6 is 0 Å². The van der Waals surface area contributed by atoms with Crippen molar-refractivity contribution in [2.24, 2.45) is 5.92 Å². The molecule has 2 bridgehead atoms. The molecule has 2 fully saturated rings. The van der Waals surface area contributed by atoms with Crippen LogP contribution in [-0.4, -0.2) is 28.6 Å². The Hall–Kier alpha value is -1.61. The first-order chi connectivity index (χ1) is 9.20. The normalized spacial score (nSPS) is 26.3. The highest BCUT2D eigenvalue weighted by Gasteiger charge is 2.37. The van der Waals surface area contributed by atoms with Gasteiger partial charge in [-0.05, 0) is 42.4 Å². The van der Waals surface area contributed by atoms with Gasteiger partial charge in [0, 0.05) is 25.2 Å². The fourth-order valence-corrected chi connectivity index (χ4v) is 3.36. The summed E-state index contributed by atoms with van der Waals surface area (Å²) < 4.78 is 0. The Balaban J connectivity index is 1.61. The Kier molecular flexibility index (Phi) is 3.38. The summed E-state index contributed by atoms with van der Waals surface area (Å²) in [5, 5.41) is 8.59. The Morgan fingerprint density at radius 3 is 2.68 bits per heavy atom. The number of carboxylic acids is 1. The van der Waals surface area contributed by atoms with Crippen LogP contribution in [0.3, 0.4) is 0 Å². The lowest BCUT2D eigenvalue weighted by molar-refractivity contribution is -0.131. The van der Waals surface area contributed by atoms with E-state index in [1.54, 1.807) is 6.08 Å². The van der Waals surface area contributed by atoms with Crippen LogP contribution in [0.15, 0.2) is 30.3 Å². The quantitative estimate of drug-likeness (QED) is 0.843. The van der Waals surface area contributed by atoms with Crippen molar-refractivity contribution in [3.63, 3.8) is 0 Å². The van der Waals surface area contributed by atoms with Crippen LogP contribution in [0, 0.1) is 5.92 Å². The number of likely N-dealkylation sites (tertiary alicyclic amines) is 1. The van der Waals surface area contributed by atoms with E-state index in [0.29, 0.717) is 0 Å². The molecule has 3 rings (SSSR count). The van der Waals surface area contributed by atoms with Gasteiger partial charge < -0.3 is 5.11 Å². The highest BCUT2D eigenvalue weighted by molar-refractivity contribution is 5.85. The minimum absolute atomic E-state index is 0.802. The van der Waals surface area contributed by atoms with Crippen LogP contribution in [0.1, 0.15) is 30.4 Å². The summed E-state index contributed by atoms with van der Waals surface area (Å²) in [4.78, 5) is 13.0. The first kappa shape index (κ1) is 12.4. The molecule has 1 aromatic carbocycles. The molecule has 19 heavy (non-hydrogen) atoms. The zero-order valence-electron chi connectivity index (χ0n) is 11.0. The maximum Gasteiger partial charge on any atom is 0.328 e. The van der Waals surface area contributed by atoms with Crippen LogP contribution in [0.5, 0.6) is 0 Å². The molecule has 100 valence electrons. The van der Waals surface area contributed by atoms with Gasteiger partial charge in [0.05, 0.1) is 0 Å². The molecule has 0 aromatic heterocycles. The van der Waals surface area contributed by atoms with E-state index in [4.69, 9.17) is 5.11 Å². The average molecular weight is 257 g/mol. The fourth-order valence-electron chi connectivity index (χ4n) is 3.36. The molecule has 1 saturated carbocycles. The van der Waals surface area contributed by atoms with Gasteiger partial charge in [-0.3, -0.25) is 4.90 Å². The summed E-state index contributed by atoms with van der Waals surface area (Å²) >= 11 is 0. The third kappa shape index (κ3) is 2.87. The van der Waals surface area contributed by atoms with Crippen molar-refractivity contribution >= 4 is 12.0 Å². The summed E-state index contributed by atoms with van der Waals surface area (Å²) in [7, 11) is 0. The number of hydrogen-bond donors (Lipinski definition) is 1. The molecule has 2 unspecified atom stereocenters. The average Bonchev–Trinajstić information content (AvgIpc) is 3.00. The zero-order valence-corrected chi connectivity index (χ0v) is 11.0. The highest BCUT2D eigenvalue weighted by atomic mass is 16.4. The maximum atomic E-state index is 10.4. The minimum atomic E-state index is -0.905. The minimum Gasteiger partial charge on any atom is -0.478 e. The molecule has 1 aliphatic heterocycles. The molecule has 1 heterocycles. The monoisotopic (exact) mass is 257 g/mol. The fraction of sp³-hybridized carbons (Fsp3) is 0.438. The van der Waals surface area contributed by atoms with Gasteiger partial charge >= 0.3 is 5.97 Å². The van der Waals surface area contributed by atoms with Gasteiger partial charge in [-0.25, -0.2) is 4.79 Å². The van der Waals surface area contributed by atoms with Gasteiger partial charge in [0.2, 0.25) is 0 Å². The first-order valence-corrected chi connectivity index (χ1v) is 6.95. The zero-order chi connectivity index (χ0) is 13.2. The first-order valence-electron chi connectivity index (χ1n) is 6.95. The molecule has 0 radical (unpaired) electrons. The maximum absolute atomic E-state index is 10.4. The van der Waals surface area contributed by atoms with E-state index < -0.39 is 5.97 Å². The van der Waals surface area contributed by atoms with Gasteiger partial charge in [0.1, 0.15) is 0 Å². The van der Waals surface area contributed by atoms with Crippen molar-refractivity contribution in [2.45, 2.75) is 31.8 Å². The predicted octanol–water partition coefficient (Wildman–Crippen LogP) is 2.77. The highest BCUT2D eigenvalue weighted by Crippen LogP contribution is 2.38. The van der Waals surface area contributed by atoms with Crippen molar-refractivity contribution in [3.05, 3.63) is 41.5 Å². The van der Waals surface area contributed by atoms with Crippen molar-refractivity contribution in [1.29, 1.82) is 0 Å². The standard InChI is InChI=1S/C16H19NO2/c18-16(19)8-6-12-1-3-13(4-2-12)10-17-11-14-5-7-15(17)9-14/h1-4,6,8,14-15H,5,7,9-11H2,(H,18,19). The van der Waals surface area contributed by atoms with E-state index in [1.807, 2.05) is 12.1 Å². The molecular weight excluding hydrogens is 238 g/mol. The van der Waals surface area contributed by atoms with Gasteiger partial charge in [-0.2, -0.15) is 0 Å². The Morgan fingerprint density at radius 1 is 1.32 bits per heavy atom. The largest absolute Gasteiger partial charge is 0.478 e. The second-order valence-corrected chi connectivity index (χ2v) is 5.68. The molecule has 3 heteroatoms. The number of rotatable bonds is 4. The van der Waals surface area contributed by atoms with E-state index in [0.717, 1.165) is 24.1 Å². The molecule has 3 nitrogen and oxygen atoms in total. The number of carboxylic acid groups (broad SMARTS) is 1. The summed E-state index contributed by atoms with van der Waals surface area (Å²) in [6, 6.07) is 8.99. The van der Waals surface area contributed by atoms with Crippen molar-refractivity contribution in [2.75, 3.05) is 6.54 Å². The van der Waals surface area contributed by atoms with Crippen LogP contribution in [0.2, 0.25) is 0 Å². The topological polar surface area (TPSA) is 40.5 Å². The molecule has 1 N–H and O–H groups in total. The lowest BCUT2D eigenvalue weighted by Gasteiger charge is -2.26. The van der Waals surface area contributed by atoms with Crippen LogP contribution < -0.4 is 0 Å². The molecule has 2 aliphatic rings. The van der Waals surface area contributed by atoms with Gasteiger partial charge in [0.15, 0.2) is 0 Å². The summed E-state index contributed by atoms with van der Waals surface area (Å²) in [5.74, 6) is 0.0277. The summed E-state index contributed by atoms with van der Waals surface area (Å²) in [5.41, 5.74) is 2.26. The number of piperidine rings is 1. The van der Waals surface area contributed by atoms with Crippen molar-refractivity contribution < 1.29 is 9.90 Å². The molecule has 0 spiro atoms. The van der Waals surface area contributed by atoms with Gasteiger partial charge in [-0.1, -0.05) is 24.3 Å². The van der Waals surface area contributed by atoms with Crippen LogP contribution in [0.25, 0.3) is 6.08 Å². The molecule has 0 amide bonds. The molecule has 1 aliphatic carbocycles. The third-order valence-electron chi connectivity index (χ3n) is 4.31. The number of fused-ring (bicyclic) bond motifs is 2. The summed E-state index contributed by atoms with van der Waals surface area (Å²) in [6.07, 6.45) is 6.97. The van der Waals surface area contributed by atoms with Crippen molar-refractivity contribution in [3.8, 4) is 0 Å². The SMILES string of the molecule is O=C(O)C=Cc1ccc(CN2CC3CCC2C3)cc1. The lowest BCUT2D eigenvalue weighted by Crippen LogP contribution is -2.31. The van der Waals surface area contributed by atoms with E-state index in [2.05, 4.69) is 17.0 Å². The second-order valence-electron chi connectivity index (χ2n) is 5.68. The van der Waals surface area contributed by atoms with Crippen molar-refractivity contribution in [1.82, 2.24) is 4.90 Å². The van der Waals surface area contributed by atoms with E-state index in [-0.39, 0.29) is 0 Å². The molecule has 1 aromatic rings. The van der Waals surface area contributed by atoms with E-state index >= 15 is 0 Å². The van der Waals surface area contributed by atoms with Gasteiger partial charge in [-0.15, -0.1) is 0 Å². The van der Waals surface area contributed by atoms with Crippen LogP contribution in [-0.2, 0) is 11.3 Å². The number of aliphatic carboxylic acids is 1. The number of carbonyl (C=O) groups is 1.